The van der Waals surface area contributed by atoms with Crippen LogP contribution in [0.5, 0.6) is 0 Å². The summed E-state index contributed by atoms with van der Waals surface area (Å²) in [6, 6.07) is 6.28. The van der Waals surface area contributed by atoms with E-state index in [0.717, 1.165) is 71.1 Å². The van der Waals surface area contributed by atoms with E-state index in [9.17, 15) is 13.2 Å². The zero-order chi connectivity index (χ0) is 30.4. The average molecular weight is 614 g/mol. The minimum atomic E-state index is -1.34. The quantitative estimate of drug-likeness (QED) is 0.399. The van der Waals surface area contributed by atoms with Gasteiger partial charge in [0.1, 0.15) is 11.0 Å². The number of hydrogen-bond acceptors (Lipinski definition) is 3. The molecule has 3 fully saturated rings. The summed E-state index contributed by atoms with van der Waals surface area (Å²) in [6.45, 7) is 16.3. The van der Waals surface area contributed by atoms with Gasteiger partial charge in [0.25, 0.3) is 5.91 Å². The Balaban J connectivity index is 1.50. The summed E-state index contributed by atoms with van der Waals surface area (Å²) in [6.07, 6.45) is 11.3. The van der Waals surface area contributed by atoms with Crippen LogP contribution in [0.3, 0.4) is 0 Å². The molecule has 2 aliphatic heterocycles. The van der Waals surface area contributed by atoms with Crippen LogP contribution in [0.25, 0.3) is 5.69 Å². The fourth-order valence-electron chi connectivity index (χ4n) is 7.03. The van der Waals surface area contributed by atoms with E-state index in [1.54, 1.807) is 0 Å². The third-order valence-corrected chi connectivity index (χ3v) is 12.4. The van der Waals surface area contributed by atoms with Crippen LogP contribution in [0.2, 0.25) is 0 Å². The van der Waals surface area contributed by atoms with Crippen molar-refractivity contribution in [3.05, 3.63) is 46.8 Å². The van der Waals surface area contributed by atoms with Gasteiger partial charge in [-0.3, -0.25) is 9.00 Å². The average Bonchev–Trinajstić information content (AvgIpc) is 3.22. The van der Waals surface area contributed by atoms with Gasteiger partial charge in [0.15, 0.2) is 0 Å². The number of amides is 1. The van der Waals surface area contributed by atoms with Crippen molar-refractivity contribution >= 4 is 27.7 Å². The predicted molar refractivity (Wildman–Crippen MR) is 174 cm³/mol. The summed E-state index contributed by atoms with van der Waals surface area (Å²) in [5.74, 6) is 2.29. The van der Waals surface area contributed by atoms with Crippen LogP contribution in [0.1, 0.15) is 114 Å². The smallest absolute Gasteiger partial charge is 0.255 e. The van der Waals surface area contributed by atoms with Crippen molar-refractivity contribution in [2.24, 2.45) is 11.3 Å². The summed E-state index contributed by atoms with van der Waals surface area (Å²) in [5.41, 5.74) is 4.89. The van der Waals surface area contributed by atoms with Gasteiger partial charge in [0.2, 0.25) is 0 Å². The highest BCUT2D eigenvalue weighted by atomic mass is 32.2. The molecule has 5 rings (SSSR count). The van der Waals surface area contributed by atoms with Crippen LogP contribution in [0.4, 0.5) is 0 Å². The number of aromatic nitrogens is 1. The number of carbonyl (C=O) groups is 1. The summed E-state index contributed by atoms with van der Waals surface area (Å²) < 4.78 is 30.9. The number of carbonyl (C=O) groups excluding carboxylic acids is 1. The number of nitrogens with zero attached hydrogens (tertiary/aromatic N) is 2. The van der Waals surface area contributed by atoms with Gasteiger partial charge in [0, 0.05) is 63.9 Å². The molecule has 1 atom stereocenters. The largest absolute Gasteiger partial charge is 0.337 e. The molecule has 1 spiro atoms. The predicted octanol–water partition coefficient (Wildman–Crippen LogP) is 6.60. The second-order valence-electron chi connectivity index (χ2n) is 15.3. The molecule has 3 aliphatic rings. The SMILES string of the molecule is Cc1c(C(=O)N2CC3(CCS(=O)CC3)C2)cn(-c2ccc(S(=O)NC(C)(C)C)c(C(C)(C)C)c2)c1CC1CCCCC1. The number of nitrogens with one attached hydrogen (secondary N) is 1. The van der Waals surface area contributed by atoms with E-state index in [0.29, 0.717) is 5.92 Å². The molecule has 0 radical (unpaired) electrons. The van der Waals surface area contributed by atoms with E-state index in [4.69, 9.17) is 0 Å². The Morgan fingerprint density at radius 3 is 2.29 bits per heavy atom. The molecule has 2 aromatic rings. The fraction of sp³-hybridized carbons (Fsp3) is 0.676. The highest BCUT2D eigenvalue weighted by Gasteiger charge is 2.47. The van der Waals surface area contributed by atoms with Crippen molar-refractivity contribution in [1.29, 1.82) is 0 Å². The van der Waals surface area contributed by atoms with Crippen molar-refractivity contribution in [2.45, 2.75) is 116 Å². The van der Waals surface area contributed by atoms with Crippen LogP contribution in [0.15, 0.2) is 29.3 Å². The minimum Gasteiger partial charge on any atom is -0.337 e. The number of rotatable bonds is 6. The molecular weight excluding hydrogens is 563 g/mol. The van der Waals surface area contributed by atoms with Crippen molar-refractivity contribution in [3.8, 4) is 5.69 Å². The van der Waals surface area contributed by atoms with Gasteiger partial charge in [-0.05, 0) is 87.6 Å². The van der Waals surface area contributed by atoms with E-state index in [-0.39, 0.29) is 22.3 Å². The summed E-state index contributed by atoms with van der Waals surface area (Å²) in [5, 5.41) is 0. The first kappa shape index (κ1) is 31.6. The van der Waals surface area contributed by atoms with E-state index in [1.165, 1.54) is 37.8 Å². The summed E-state index contributed by atoms with van der Waals surface area (Å²) >= 11 is 0. The van der Waals surface area contributed by atoms with Crippen molar-refractivity contribution in [1.82, 2.24) is 14.2 Å². The molecule has 6 nitrogen and oxygen atoms in total. The lowest BCUT2D eigenvalue weighted by atomic mass is 9.74. The lowest BCUT2D eigenvalue weighted by Crippen LogP contribution is -2.60. The Morgan fingerprint density at radius 1 is 1.05 bits per heavy atom. The second-order valence-corrected chi connectivity index (χ2v) is 18.1. The molecule has 2 saturated heterocycles. The normalized spacial score (nSPS) is 21.0. The van der Waals surface area contributed by atoms with Crippen molar-refractivity contribution < 1.29 is 13.2 Å². The molecule has 1 aromatic heterocycles. The topological polar surface area (TPSA) is 71.4 Å². The van der Waals surface area contributed by atoms with E-state index < -0.39 is 21.8 Å². The Kier molecular flexibility index (Phi) is 9.01. The maximum Gasteiger partial charge on any atom is 0.255 e. The summed E-state index contributed by atoms with van der Waals surface area (Å²) in [4.78, 5) is 16.8. The Hall–Kier alpha value is -1.77. The number of benzene rings is 1. The zero-order valence-electron chi connectivity index (χ0n) is 26.8. The maximum atomic E-state index is 13.9. The molecular formula is C34H51N3O3S2. The first-order valence-electron chi connectivity index (χ1n) is 15.9. The molecule has 1 amide bonds. The van der Waals surface area contributed by atoms with Crippen LogP contribution in [-0.4, -0.2) is 53.9 Å². The van der Waals surface area contributed by atoms with Gasteiger partial charge in [-0.25, -0.2) is 8.93 Å². The van der Waals surface area contributed by atoms with Crippen LogP contribution >= 0.6 is 0 Å². The van der Waals surface area contributed by atoms with Crippen LogP contribution < -0.4 is 4.72 Å². The Morgan fingerprint density at radius 2 is 1.69 bits per heavy atom. The first-order valence-corrected chi connectivity index (χ1v) is 18.5. The lowest BCUT2D eigenvalue weighted by molar-refractivity contribution is 0.000680. The minimum absolute atomic E-state index is 0.122. The molecule has 1 saturated carbocycles. The van der Waals surface area contributed by atoms with Gasteiger partial charge in [0.05, 0.1) is 10.5 Å². The monoisotopic (exact) mass is 613 g/mol. The molecule has 232 valence electrons. The second kappa shape index (κ2) is 12.0. The van der Waals surface area contributed by atoms with Gasteiger partial charge < -0.3 is 9.47 Å². The lowest BCUT2D eigenvalue weighted by Gasteiger charge is -2.52. The molecule has 42 heavy (non-hydrogen) atoms. The first-order chi connectivity index (χ1) is 19.7. The zero-order valence-corrected chi connectivity index (χ0v) is 28.4. The van der Waals surface area contributed by atoms with Crippen molar-refractivity contribution in [2.75, 3.05) is 24.6 Å². The third-order valence-electron chi connectivity index (χ3n) is 9.53. The highest BCUT2D eigenvalue weighted by molar-refractivity contribution is 7.85. The Bertz CT molecular complexity index is 1360. The van der Waals surface area contributed by atoms with E-state index >= 15 is 0 Å². The summed E-state index contributed by atoms with van der Waals surface area (Å²) in [7, 11) is -2.03. The molecule has 1 N–H and O–H groups in total. The van der Waals surface area contributed by atoms with Crippen LogP contribution in [0, 0.1) is 18.3 Å². The van der Waals surface area contributed by atoms with E-state index in [1.807, 2.05) is 31.7 Å². The molecule has 0 bridgehead atoms. The third kappa shape index (κ3) is 6.81. The van der Waals surface area contributed by atoms with Gasteiger partial charge in [-0.1, -0.05) is 52.9 Å². The standard InChI is InChI=1S/C34H51N3O3S2/c1-24-27(31(38)36-22-34(23-36)15-17-41(39)18-16-34)21-37(29(24)19-25-11-9-8-10-12-25)26-13-14-30(28(20-26)32(2,3)4)42(40)35-33(5,6)7/h13-14,20-21,25,35H,8-12,15-19,22-23H2,1-7H3. The fourth-order valence-corrected chi connectivity index (χ4v) is 9.98. The number of likely N-dealkylation sites (tertiary alicyclic amines) is 1. The molecule has 3 heterocycles. The van der Waals surface area contributed by atoms with Gasteiger partial charge >= 0.3 is 0 Å². The van der Waals surface area contributed by atoms with E-state index in [2.05, 4.69) is 55.3 Å². The van der Waals surface area contributed by atoms with Gasteiger partial charge in [-0.15, -0.1) is 0 Å². The van der Waals surface area contributed by atoms with Crippen molar-refractivity contribution in [3.63, 3.8) is 0 Å². The van der Waals surface area contributed by atoms with Crippen LogP contribution in [-0.2, 0) is 33.6 Å². The molecule has 1 aliphatic carbocycles. The molecule has 8 heteroatoms. The van der Waals surface area contributed by atoms with Gasteiger partial charge in [-0.2, -0.15) is 0 Å². The molecule has 1 unspecified atom stereocenters. The molecule has 1 aromatic carbocycles. The number of hydrogen-bond donors (Lipinski definition) is 1. The highest BCUT2D eigenvalue weighted by Crippen LogP contribution is 2.42. The Labute approximate surface area is 258 Å². The maximum absolute atomic E-state index is 13.9.